The fraction of sp³-hybridized carbons (Fsp3) is 0.0566. The van der Waals surface area contributed by atoms with Crippen LogP contribution in [0.2, 0.25) is 0 Å². The molecule has 0 atom stereocenters. The number of anilines is 3. The Balaban J connectivity index is 1.17. The average Bonchev–Trinajstić information content (AvgIpc) is 3.88. The van der Waals surface area contributed by atoms with Gasteiger partial charge in [0.1, 0.15) is 11.2 Å². The van der Waals surface area contributed by atoms with Gasteiger partial charge in [-0.3, -0.25) is 0 Å². The maximum atomic E-state index is 6.60. The number of benzene rings is 9. The molecule has 2 heterocycles. The Bertz CT molecular complexity index is 3420. The highest BCUT2D eigenvalue weighted by molar-refractivity contribution is 7.25. The van der Waals surface area contributed by atoms with Crippen molar-refractivity contribution in [3.05, 3.63) is 187 Å². The summed E-state index contributed by atoms with van der Waals surface area (Å²) in [6.07, 6.45) is 0. The van der Waals surface area contributed by atoms with E-state index in [2.05, 4.69) is 195 Å². The normalized spacial score (nSPS) is 13.3. The summed E-state index contributed by atoms with van der Waals surface area (Å²) in [5, 5.41) is 9.82. The standard InChI is InChI=1S/C53H35NOS/c1-53(2)44-16-8-5-13-39(44)40-25-22-35(30-45(40)53)54(36-23-26-42-41-14-7-10-18-49(41)56-50(42)31-36)46-27-28-48-52(43-15-6-9-17-47(43)55-48)51(46)34-21-24-38-33(29-34)20-19-32-11-3-4-12-37(32)38/h3-31H,1-2H3. The van der Waals surface area contributed by atoms with Crippen LogP contribution in [0.1, 0.15) is 25.0 Å². The van der Waals surface area contributed by atoms with Crippen molar-refractivity contribution in [3.8, 4) is 22.3 Å². The van der Waals surface area contributed by atoms with Crippen LogP contribution in [0.3, 0.4) is 0 Å². The quantitative estimate of drug-likeness (QED) is 0.168. The van der Waals surface area contributed by atoms with E-state index in [1.165, 1.54) is 64.0 Å². The molecule has 3 heteroatoms. The maximum Gasteiger partial charge on any atom is 0.136 e. The third-order valence-corrected chi connectivity index (χ3v) is 13.4. The van der Waals surface area contributed by atoms with Gasteiger partial charge < -0.3 is 9.32 Å². The van der Waals surface area contributed by atoms with Crippen molar-refractivity contribution in [2.45, 2.75) is 19.3 Å². The smallest absolute Gasteiger partial charge is 0.136 e. The van der Waals surface area contributed by atoms with Gasteiger partial charge in [-0.05, 0) is 104 Å². The number of fused-ring (bicyclic) bond motifs is 12. The van der Waals surface area contributed by atoms with Crippen molar-refractivity contribution in [3.63, 3.8) is 0 Å². The summed E-state index contributed by atoms with van der Waals surface area (Å²) in [4.78, 5) is 2.49. The SMILES string of the molecule is CC1(C)c2ccccc2-c2ccc(N(c3ccc4c(c3)sc3ccccc34)c3ccc4oc5ccccc5c4c3-c3ccc4c(ccc5ccccc54)c3)cc21. The summed E-state index contributed by atoms with van der Waals surface area (Å²) in [5.74, 6) is 0. The number of hydrogen-bond donors (Lipinski definition) is 0. The molecular weight excluding hydrogens is 699 g/mol. The predicted octanol–water partition coefficient (Wildman–Crippen LogP) is 15.7. The molecule has 12 rings (SSSR count). The fourth-order valence-electron chi connectivity index (χ4n) is 9.57. The summed E-state index contributed by atoms with van der Waals surface area (Å²) in [6.45, 7) is 4.73. The summed E-state index contributed by atoms with van der Waals surface area (Å²) in [7, 11) is 0. The van der Waals surface area contributed by atoms with Gasteiger partial charge in [0.05, 0.1) is 5.69 Å². The van der Waals surface area contributed by atoms with E-state index in [4.69, 9.17) is 4.42 Å². The molecule has 0 fully saturated rings. The minimum atomic E-state index is -0.141. The molecular formula is C53H35NOS. The molecule has 2 nitrogen and oxygen atoms in total. The Morgan fingerprint density at radius 1 is 0.464 bits per heavy atom. The highest BCUT2D eigenvalue weighted by atomic mass is 32.1. The highest BCUT2D eigenvalue weighted by Gasteiger charge is 2.36. The van der Waals surface area contributed by atoms with Crippen LogP contribution in [-0.2, 0) is 5.41 Å². The zero-order valence-corrected chi connectivity index (χ0v) is 31.8. The van der Waals surface area contributed by atoms with Gasteiger partial charge >= 0.3 is 0 Å². The molecule has 0 saturated heterocycles. The summed E-state index contributed by atoms with van der Waals surface area (Å²) in [5.41, 5.74) is 12.7. The minimum Gasteiger partial charge on any atom is -0.456 e. The van der Waals surface area contributed by atoms with E-state index >= 15 is 0 Å². The second-order valence-electron chi connectivity index (χ2n) is 15.7. The molecule has 11 aromatic rings. The minimum absolute atomic E-state index is 0.141. The first-order chi connectivity index (χ1) is 27.5. The van der Waals surface area contributed by atoms with Crippen LogP contribution in [0.25, 0.3) is 85.9 Å². The molecule has 0 saturated carbocycles. The Morgan fingerprint density at radius 2 is 1.14 bits per heavy atom. The van der Waals surface area contributed by atoms with Crippen LogP contribution in [-0.4, -0.2) is 0 Å². The molecule has 9 aromatic carbocycles. The van der Waals surface area contributed by atoms with Crippen molar-refractivity contribution in [2.75, 3.05) is 4.90 Å². The van der Waals surface area contributed by atoms with E-state index in [0.717, 1.165) is 50.1 Å². The van der Waals surface area contributed by atoms with Crippen molar-refractivity contribution >= 4 is 92.1 Å². The van der Waals surface area contributed by atoms with Crippen LogP contribution in [0.4, 0.5) is 17.1 Å². The van der Waals surface area contributed by atoms with Crippen LogP contribution >= 0.6 is 11.3 Å². The molecule has 0 radical (unpaired) electrons. The molecule has 0 unspecified atom stereocenters. The van der Waals surface area contributed by atoms with Crippen LogP contribution in [0.5, 0.6) is 0 Å². The van der Waals surface area contributed by atoms with Crippen LogP contribution in [0, 0.1) is 0 Å². The number of rotatable bonds is 4. The molecule has 264 valence electrons. The third kappa shape index (κ3) is 4.49. The van der Waals surface area contributed by atoms with Gasteiger partial charge in [-0.25, -0.2) is 0 Å². The maximum absolute atomic E-state index is 6.60. The zero-order chi connectivity index (χ0) is 37.1. The molecule has 0 spiro atoms. The topological polar surface area (TPSA) is 16.4 Å². The first-order valence-electron chi connectivity index (χ1n) is 19.3. The second kappa shape index (κ2) is 11.7. The predicted molar refractivity (Wildman–Crippen MR) is 239 cm³/mol. The molecule has 0 bridgehead atoms. The van der Waals surface area contributed by atoms with Gasteiger partial charge in [0, 0.05) is 53.3 Å². The first kappa shape index (κ1) is 31.6. The lowest BCUT2D eigenvalue weighted by molar-refractivity contribution is 0.660. The van der Waals surface area contributed by atoms with Gasteiger partial charge in [-0.15, -0.1) is 11.3 Å². The van der Waals surface area contributed by atoms with Gasteiger partial charge in [-0.1, -0.05) is 135 Å². The molecule has 0 aliphatic heterocycles. The largest absolute Gasteiger partial charge is 0.456 e. The lowest BCUT2D eigenvalue weighted by atomic mass is 9.82. The van der Waals surface area contributed by atoms with Gasteiger partial charge in [0.15, 0.2) is 0 Å². The fourth-order valence-corrected chi connectivity index (χ4v) is 10.7. The lowest BCUT2D eigenvalue weighted by Crippen LogP contribution is -2.17. The lowest BCUT2D eigenvalue weighted by Gasteiger charge is -2.30. The van der Waals surface area contributed by atoms with Crippen molar-refractivity contribution in [2.24, 2.45) is 0 Å². The number of hydrogen-bond acceptors (Lipinski definition) is 3. The van der Waals surface area contributed by atoms with E-state index in [9.17, 15) is 0 Å². The molecule has 1 aliphatic carbocycles. The number of para-hydroxylation sites is 1. The molecule has 1 aliphatic rings. The van der Waals surface area contributed by atoms with Crippen LogP contribution in [0.15, 0.2) is 180 Å². The Morgan fingerprint density at radius 3 is 2.07 bits per heavy atom. The number of furan rings is 1. The Kier molecular flexibility index (Phi) is 6.59. The highest BCUT2D eigenvalue weighted by Crippen LogP contribution is 2.53. The summed E-state index contributed by atoms with van der Waals surface area (Å²) >= 11 is 1.86. The molecule has 2 aromatic heterocycles. The molecule has 56 heavy (non-hydrogen) atoms. The van der Waals surface area contributed by atoms with E-state index < -0.39 is 0 Å². The van der Waals surface area contributed by atoms with Gasteiger partial charge in [0.25, 0.3) is 0 Å². The Hall–Kier alpha value is -6.68. The molecule has 0 N–H and O–H groups in total. The second-order valence-corrected chi connectivity index (χ2v) is 16.8. The van der Waals surface area contributed by atoms with E-state index in [1.54, 1.807) is 0 Å². The van der Waals surface area contributed by atoms with Crippen LogP contribution < -0.4 is 4.90 Å². The summed E-state index contributed by atoms with van der Waals surface area (Å²) < 4.78 is 9.18. The zero-order valence-electron chi connectivity index (χ0n) is 31.0. The summed E-state index contributed by atoms with van der Waals surface area (Å²) in [6, 6.07) is 64.8. The first-order valence-corrected chi connectivity index (χ1v) is 20.1. The Labute approximate surface area is 328 Å². The van der Waals surface area contributed by atoms with Crippen molar-refractivity contribution in [1.82, 2.24) is 0 Å². The van der Waals surface area contributed by atoms with Gasteiger partial charge in [-0.2, -0.15) is 0 Å². The number of nitrogens with zero attached hydrogens (tertiary/aromatic N) is 1. The van der Waals surface area contributed by atoms with E-state index in [-0.39, 0.29) is 5.41 Å². The monoisotopic (exact) mass is 733 g/mol. The average molecular weight is 734 g/mol. The van der Waals surface area contributed by atoms with Gasteiger partial charge in [0.2, 0.25) is 0 Å². The van der Waals surface area contributed by atoms with Crippen molar-refractivity contribution in [1.29, 1.82) is 0 Å². The van der Waals surface area contributed by atoms with E-state index in [0.29, 0.717) is 0 Å². The third-order valence-electron chi connectivity index (χ3n) is 12.2. The van der Waals surface area contributed by atoms with E-state index in [1.807, 2.05) is 11.3 Å². The molecule has 0 amide bonds. The number of thiophene rings is 1. The van der Waals surface area contributed by atoms with Crippen molar-refractivity contribution < 1.29 is 4.42 Å².